The topological polar surface area (TPSA) is 47.6 Å². The molecule has 0 bridgehead atoms. The van der Waals surface area contributed by atoms with Gasteiger partial charge in [-0.2, -0.15) is 0 Å². The summed E-state index contributed by atoms with van der Waals surface area (Å²) in [4.78, 5) is 4.08. The molecule has 0 rings (SSSR count). The van der Waals surface area contributed by atoms with Crippen molar-refractivity contribution in [1.82, 2.24) is 0 Å². The lowest BCUT2D eigenvalue weighted by Gasteiger charge is -2.01. The Kier molecular flexibility index (Phi) is 4.94. The van der Waals surface area contributed by atoms with Crippen molar-refractivity contribution in [3.05, 3.63) is 0 Å². The van der Waals surface area contributed by atoms with E-state index >= 15 is 0 Å². The smallest absolute Gasteiger partial charge is 0.120 e. The van der Waals surface area contributed by atoms with Crippen molar-refractivity contribution in [2.45, 2.75) is 26.8 Å². The average molecular weight is 144 g/mol. The van der Waals surface area contributed by atoms with Gasteiger partial charge in [0.2, 0.25) is 0 Å². The fraction of sp³-hybridized carbons (Fsp3) is 0.857. The van der Waals surface area contributed by atoms with Gasteiger partial charge < -0.3 is 10.5 Å². The summed E-state index contributed by atoms with van der Waals surface area (Å²) in [5.74, 6) is 0.580. The number of nitrogens with zero attached hydrogens (tertiary/aromatic N) is 1. The number of amidine groups is 1. The molecule has 3 heteroatoms. The van der Waals surface area contributed by atoms with Gasteiger partial charge >= 0.3 is 0 Å². The lowest BCUT2D eigenvalue weighted by molar-refractivity contribution is 0.186. The molecule has 0 spiro atoms. The summed E-state index contributed by atoms with van der Waals surface area (Å²) in [6.07, 6.45) is 0. The number of hydrogen-bond donors (Lipinski definition) is 1. The van der Waals surface area contributed by atoms with E-state index in [1.165, 1.54) is 0 Å². The van der Waals surface area contributed by atoms with Gasteiger partial charge in [-0.05, 0) is 20.8 Å². The highest BCUT2D eigenvalue weighted by atomic mass is 16.5. The van der Waals surface area contributed by atoms with Crippen molar-refractivity contribution in [2.24, 2.45) is 10.7 Å². The Balaban J connectivity index is 3.49. The summed E-state index contributed by atoms with van der Waals surface area (Å²) in [5.41, 5.74) is 5.49. The third-order valence-electron chi connectivity index (χ3n) is 0.878. The molecule has 0 aliphatic heterocycles. The molecule has 0 heterocycles. The second-order valence-corrected chi connectivity index (χ2v) is 2.35. The van der Waals surface area contributed by atoms with Gasteiger partial charge in [0, 0.05) is 12.6 Å². The predicted octanol–water partition coefficient (Wildman–Crippen LogP) is 0.789. The Morgan fingerprint density at radius 3 is 2.60 bits per heavy atom. The van der Waals surface area contributed by atoms with Crippen LogP contribution in [0.4, 0.5) is 0 Å². The quantitative estimate of drug-likeness (QED) is 0.468. The molecule has 0 aromatic rings. The van der Waals surface area contributed by atoms with Gasteiger partial charge in [0.05, 0.1) is 0 Å². The van der Waals surface area contributed by atoms with Gasteiger partial charge in [0.1, 0.15) is 12.4 Å². The van der Waals surface area contributed by atoms with E-state index in [1.54, 1.807) is 0 Å². The van der Waals surface area contributed by atoms with Crippen molar-refractivity contribution < 1.29 is 4.74 Å². The first-order valence-electron chi connectivity index (χ1n) is 3.56. The Labute approximate surface area is 62.3 Å². The molecular weight excluding hydrogens is 128 g/mol. The van der Waals surface area contributed by atoms with Crippen LogP contribution in [0.15, 0.2) is 4.99 Å². The standard InChI is InChI=1S/C7H16N2O/c1-4-10-5-7(8)9-6(2)3/h6H,4-5H2,1-3H3,(H2,8,9). The third kappa shape index (κ3) is 5.56. The second-order valence-electron chi connectivity index (χ2n) is 2.35. The van der Waals surface area contributed by atoms with Crippen molar-refractivity contribution in [3.63, 3.8) is 0 Å². The summed E-state index contributed by atoms with van der Waals surface area (Å²) in [6.45, 7) is 7.04. The Morgan fingerprint density at radius 1 is 1.60 bits per heavy atom. The van der Waals surface area contributed by atoms with Gasteiger partial charge in [0.15, 0.2) is 0 Å². The fourth-order valence-electron chi connectivity index (χ4n) is 0.576. The van der Waals surface area contributed by atoms with E-state index in [0.29, 0.717) is 19.0 Å². The van der Waals surface area contributed by atoms with Crippen LogP contribution in [0.25, 0.3) is 0 Å². The highest BCUT2D eigenvalue weighted by molar-refractivity contribution is 5.81. The molecule has 0 saturated carbocycles. The summed E-state index contributed by atoms with van der Waals surface area (Å²) in [7, 11) is 0. The lowest BCUT2D eigenvalue weighted by atomic mass is 10.4. The van der Waals surface area contributed by atoms with Crippen LogP contribution >= 0.6 is 0 Å². The number of aliphatic imine (C=N–C) groups is 1. The number of ether oxygens (including phenoxy) is 1. The monoisotopic (exact) mass is 144 g/mol. The molecule has 0 saturated heterocycles. The highest BCUT2D eigenvalue weighted by Crippen LogP contribution is 1.85. The Hall–Kier alpha value is -0.570. The minimum absolute atomic E-state index is 0.264. The summed E-state index contributed by atoms with van der Waals surface area (Å²) < 4.78 is 5.04. The first-order chi connectivity index (χ1) is 4.66. The van der Waals surface area contributed by atoms with Gasteiger partial charge in [-0.15, -0.1) is 0 Å². The number of nitrogens with two attached hydrogens (primary N) is 1. The first kappa shape index (κ1) is 9.43. The van der Waals surface area contributed by atoms with Crippen LogP contribution in [-0.2, 0) is 4.74 Å². The molecular formula is C7H16N2O. The maximum absolute atomic E-state index is 5.49. The molecule has 3 nitrogen and oxygen atoms in total. The van der Waals surface area contributed by atoms with Crippen molar-refractivity contribution >= 4 is 5.84 Å². The van der Waals surface area contributed by atoms with E-state index in [2.05, 4.69) is 4.99 Å². The summed E-state index contributed by atoms with van der Waals surface area (Å²) in [5, 5.41) is 0. The summed E-state index contributed by atoms with van der Waals surface area (Å²) >= 11 is 0. The third-order valence-corrected chi connectivity index (χ3v) is 0.878. The van der Waals surface area contributed by atoms with E-state index in [1.807, 2.05) is 20.8 Å². The molecule has 2 N–H and O–H groups in total. The minimum Gasteiger partial charge on any atom is -0.386 e. The SMILES string of the molecule is CCOCC(N)=NC(C)C. The lowest BCUT2D eigenvalue weighted by Crippen LogP contribution is -2.20. The van der Waals surface area contributed by atoms with Gasteiger partial charge in [0.25, 0.3) is 0 Å². The van der Waals surface area contributed by atoms with Crippen molar-refractivity contribution in [2.75, 3.05) is 13.2 Å². The molecule has 0 amide bonds. The van der Waals surface area contributed by atoms with Crippen LogP contribution < -0.4 is 5.73 Å². The largest absolute Gasteiger partial charge is 0.386 e. The molecule has 60 valence electrons. The van der Waals surface area contributed by atoms with Crippen LogP contribution in [0, 0.1) is 0 Å². The zero-order valence-electron chi connectivity index (χ0n) is 6.92. The van der Waals surface area contributed by atoms with Crippen LogP contribution in [0.2, 0.25) is 0 Å². The maximum atomic E-state index is 5.49. The van der Waals surface area contributed by atoms with Crippen LogP contribution in [0.3, 0.4) is 0 Å². The van der Waals surface area contributed by atoms with E-state index in [0.717, 1.165) is 0 Å². The zero-order chi connectivity index (χ0) is 7.98. The van der Waals surface area contributed by atoms with Gasteiger partial charge in [-0.25, -0.2) is 0 Å². The molecule has 0 radical (unpaired) electrons. The molecule has 0 aromatic carbocycles. The molecule has 0 fully saturated rings. The molecule has 0 aliphatic rings. The van der Waals surface area contributed by atoms with E-state index in [4.69, 9.17) is 10.5 Å². The summed E-state index contributed by atoms with van der Waals surface area (Å²) in [6, 6.07) is 0.264. The Morgan fingerprint density at radius 2 is 2.20 bits per heavy atom. The van der Waals surface area contributed by atoms with Crippen LogP contribution in [0.5, 0.6) is 0 Å². The van der Waals surface area contributed by atoms with Gasteiger partial charge in [-0.3, -0.25) is 4.99 Å². The van der Waals surface area contributed by atoms with Gasteiger partial charge in [-0.1, -0.05) is 0 Å². The van der Waals surface area contributed by atoms with E-state index in [9.17, 15) is 0 Å². The fourth-order valence-corrected chi connectivity index (χ4v) is 0.576. The van der Waals surface area contributed by atoms with Crippen LogP contribution in [0.1, 0.15) is 20.8 Å². The number of hydrogen-bond acceptors (Lipinski definition) is 2. The maximum Gasteiger partial charge on any atom is 0.120 e. The van der Waals surface area contributed by atoms with Crippen LogP contribution in [-0.4, -0.2) is 25.1 Å². The average Bonchev–Trinajstić information content (AvgIpc) is 1.82. The highest BCUT2D eigenvalue weighted by Gasteiger charge is 1.92. The van der Waals surface area contributed by atoms with E-state index < -0.39 is 0 Å². The normalized spacial score (nSPS) is 12.6. The second kappa shape index (κ2) is 5.23. The minimum atomic E-state index is 0.264. The molecule has 0 aliphatic carbocycles. The molecule has 0 unspecified atom stereocenters. The predicted molar refractivity (Wildman–Crippen MR) is 43.3 cm³/mol. The molecule has 0 atom stereocenters. The van der Waals surface area contributed by atoms with Crippen molar-refractivity contribution in [1.29, 1.82) is 0 Å². The number of rotatable bonds is 4. The molecule has 0 aromatic heterocycles. The van der Waals surface area contributed by atoms with E-state index in [-0.39, 0.29) is 6.04 Å². The molecule has 10 heavy (non-hydrogen) atoms. The Bertz CT molecular complexity index is 110. The zero-order valence-corrected chi connectivity index (χ0v) is 6.92. The first-order valence-corrected chi connectivity index (χ1v) is 3.56. The van der Waals surface area contributed by atoms with Crippen molar-refractivity contribution in [3.8, 4) is 0 Å².